The Hall–Kier alpha value is -2.10. The van der Waals surface area contributed by atoms with E-state index in [0.29, 0.717) is 12.3 Å². The number of hydrogen-bond donors (Lipinski definition) is 1. The number of ether oxygens (including phenoxy) is 1. The van der Waals surface area contributed by atoms with Crippen molar-refractivity contribution in [2.45, 2.75) is 13.3 Å². The maximum atomic E-state index is 10.8. The summed E-state index contributed by atoms with van der Waals surface area (Å²) < 4.78 is 5.18. The Morgan fingerprint density at radius 3 is 2.89 bits per heavy atom. The minimum atomic E-state index is -0.776. The average Bonchev–Trinajstić information content (AvgIpc) is 2.37. The molecule has 2 aromatic rings. The fraction of sp³-hybridized carbons (Fsp3) is 0.286. The first-order valence-electron chi connectivity index (χ1n) is 5.76. The number of benzene rings is 1. The number of methoxy groups -OCH3 is 1. The summed E-state index contributed by atoms with van der Waals surface area (Å²) in [4.78, 5) is 15.0. The van der Waals surface area contributed by atoms with E-state index in [1.807, 2.05) is 24.3 Å². The molecule has 0 saturated carbocycles. The van der Waals surface area contributed by atoms with Crippen molar-refractivity contribution < 1.29 is 14.6 Å². The van der Waals surface area contributed by atoms with Gasteiger partial charge < -0.3 is 9.84 Å². The summed E-state index contributed by atoms with van der Waals surface area (Å²) in [7, 11) is 1.59. The molecule has 18 heavy (non-hydrogen) atoms. The molecule has 1 aromatic carbocycles. The molecule has 1 unspecified atom stereocenters. The van der Waals surface area contributed by atoms with Crippen molar-refractivity contribution in [2.75, 3.05) is 7.11 Å². The number of aromatic nitrogens is 1. The molecule has 1 atom stereocenters. The van der Waals surface area contributed by atoms with E-state index in [0.717, 1.165) is 16.3 Å². The molecule has 1 aromatic heterocycles. The Morgan fingerprint density at radius 1 is 1.44 bits per heavy atom. The summed E-state index contributed by atoms with van der Waals surface area (Å²) in [6.07, 6.45) is 2.21. The van der Waals surface area contributed by atoms with Gasteiger partial charge in [-0.3, -0.25) is 4.79 Å². The maximum Gasteiger partial charge on any atom is 0.306 e. The van der Waals surface area contributed by atoms with Crippen LogP contribution in [-0.2, 0) is 11.2 Å². The molecule has 4 nitrogen and oxygen atoms in total. The Morgan fingerprint density at radius 2 is 2.22 bits per heavy atom. The van der Waals surface area contributed by atoms with Crippen molar-refractivity contribution in [3.05, 3.63) is 36.0 Å². The Kier molecular flexibility index (Phi) is 3.46. The van der Waals surface area contributed by atoms with E-state index in [-0.39, 0.29) is 5.92 Å². The minimum Gasteiger partial charge on any atom is -0.481 e. The molecule has 1 heterocycles. The summed E-state index contributed by atoms with van der Waals surface area (Å²) in [5.74, 6) is -0.570. The summed E-state index contributed by atoms with van der Waals surface area (Å²) >= 11 is 0. The molecule has 0 aliphatic rings. The van der Waals surface area contributed by atoms with Gasteiger partial charge in [-0.1, -0.05) is 19.1 Å². The van der Waals surface area contributed by atoms with Crippen molar-refractivity contribution >= 4 is 16.7 Å². The Balaban J connectivity index is 2.36. The van der Waals surface area contributed by atoms with Gasteiger partial charge in [-0.25, -0.2) is 4.98 Å². The van der Waals surface area contributed by atoms with Crippen LogP contribution < -0.4 is 4.74 Å². The molecule has 0 aliphatic heterocycles. The molecular weight excluding hydrogens is 230 g/mol. The zero-order valence-corrected chi connectivity index (χ0v) is 10.4. The molecule has 0 saturated heterocycles. The van der Waals surface area contributed by atoms with Gasteiger partial charge in [-0.05, 0) is 29.5 Å². The molecule has 94 valence electrons. The highest BCUT2D eigenvalue weighted by atomic mass is 16.5. The smallest absolute Gasteiger partial charge is 0.306 e. The number of pyridine rings is 1. The van der Waals surface area contributed by atoms with E-state index in [1.54, 1.807) is 20.2 Å². The van der Waals surface area contributed by atoms with E-state index in [2.05, 4.69) is 4.98 Å². The van der Waals surface area contributed by atoms with Gasteiger partial charge in [-0.2, -0.15) is 0 Å². The first-order valence-corrected chi connectivity index (χ1v) is 5.76. The normalized spacial score (nSPS) is 12.3. The van der Waals surface area contributed by atoms with Gasteiger partial charge >= 0.3 is 5.97 Å². The molecule has 1 N–H and O–H groups in total. The predicted molar refractivity (Wildman–Crippen MR) is 68.8 cm³/mol. The fourth-order valence-electron chi connectivity index (χ4n) is 1.93. The lowest BCUT2D eigenvalue weighted by Gasteiger charge is -2.08. The Labute approximate surface area is 105 Å². The van der Waals surface area contributed by atoms with Gasteiger partial charge in [0, 0.05) is 11.6 Å². The molecule has 2 rings (SSSR count). The molecular formula is C14H15NO3. The number of fused-ring (bicyclic) bond motifs is 1. The molecule has 4 heteroatoms. The lowest BCUT2D eigenvalue weighted by atomic mass is 9.99. The first-order chi connectivity index (χ1) is 8.61. The lowest BCUT2D eigenvalue weighted by Crippen LogP contribution is -2.12. The zero-order chi connectivity index (χ0) is 13.1. The number of carbonyl (C=O) groups is 1. The van der Waals surface area contributed by atoms with Crippen molar-refractivity contribution in [1.82, 2.24) is 4.98 Å². The standard InChI is InChI=1S/C14H15NO3/c1-9(14(16)17)7-10-3-4-12-11(8-10)5-6-15-13(12)18-2/h3-6,8-9H,7H2,1-2H3,(H,16,17). The first kappa shape index (κ1) is 12.4. The van der Waals surface area contributed by atoms with E-state index in [4.69, 9.17) is 9.84 Å². The largest absolute Gasteiger partial charge is 0.481 e. The second-order valence-electron chi connectivity index (χ2n) is 4.32. The molecule has 0 bridgehead atoms. The van der Waals surface area contributed by atoms with Gasteiger partial charge in [0.05, 0.1) is 13.0 Å². The monoisotopic (exact) mass is 245 g/mol. The molecule has 0 spiro atoms. The highest BCUT2D eigenvalue weighted by molar-refractivity contribution is 5.87. The third-order valence-electron chi connectivity index (χ3n) is 2.95. The van der Waals surface area contributed by atoms with Crippen LogP contribution in [0, 0.1) is 5.92 Å². The number of carboxylic acids is 1. The van der Waals surface area contributed by atoms with Gasteiger partial charge in [0.25, 0.3) is 0 Å². The van der Waals surface area contributed by atoms with E-state index in [9.17, 15) is 4.79 Å². The highest BCUT2D eigenvalue weighted by Crippen LogP contribution is 2.24. The quantitative estimate of drug-likeness (QED) is 0.899. The fourth-order valence-corrected chi connectivity index (χ4v) is 1.93. The molecule has 0 amide bonds. The van der Waals surface area contributed by atoms with E-state index < -0.39 is 5.97 Å². The third-order valence-corrected chi connectivity index (χ3v) is 2.95. The van der Waals surface area contributed by atoms with Crippen LogP contribution in [0.1, 0.15) is 12.5 Å². The number of aliphatic carboxylic acids is 1. The molecule has 0 radical (unpaired) electrons. The number of hydrogen-bond acceptors (Lipinski definition) is 3. The highest BCUT2D eigenvalue weighted by Gasteiger charge is 2.12. The average molecular weight is 245 g/mol. The van der Waals surface area contributed by atoms with Crippen LogP contribution in [-0.4, -0.2) is 23.2 Å². The second kappa shape index (κ2) is 5.04. The number of rotatable bonds is 4. The summed E-state index contributed by atoms with van der Waals surface area (Å²) in [6.45, 7) is 1.71. The topological polar surface area (TPSA) is 59.4 Å². The summed E-state index contributed by atoms with van der Waals surface area (Å²) in [5, 5.41) is 10.9. The van der Waals surface area contributed by atoms with Crippen molar-refractivity contribution in [3.8, 4) is 5.88 Å². The van der Waals surface area contributed by atoms with Gasteiger partial charge in [0.2, 0.25) is 5.88 Å². The third kappa shape index (κ3) is 2.42. The van der Waals surface area contributed by atoms with Gasteiger partial charge in [0.15, 0.2) is 0 Å². The van der Waals surface area contributed by atoms with Crippen LogP contribution in [0.25, 0.3) is 10.8 Å². The van der Waals surface area contributed by atoms with Crippen LogP contribution >= 0.6 is 0 Å². The molecule has 0 fully saturated rings. The van der Waals surface area contributed by atoms with E-state index >= 15 is 0 Å². The predicted octanol–water partition coefficient (Wildman–Crippen LogP) is 2.51. The van der Waals surface area contributed by atoms with Crippen LogP contribution in [0.15, 0.2) is 30.5 Å². The van der Waals surface area contributed by atoms with Crippen LogP contribution in [0.3, 0.4) is 0 Å². The van der Waals surface area contributed by atoms with Crippen molar-refractivity contribution in [1.29, 1.82) is 0 Å². The van der Waals surface area contributed by atoms with Crippen LogP contribution in [0.2, 0.25) is 0 Å². The molecule has 0 aliphatic carbocycles. The van der Waals surface area contributed by atoms with Crippen LogP contribution in [0.4, 0.5) is 0 Å². The van der Waals surface area contributed by atoms with Crippen LogP contribution in [0.5, 0.6) is 5.88 Å². The van der Waals surface area contributed by atoms with Crippen molar-refractivity contribution in [2.24, 2.45) is 5.92 Å². The minimum absolute atomic E-state index is 0.383. The van der Waals surface area contributed by atoms with E-state index in [1.165, 1.54) is 0 Å². The summed E-state index contributed by atoms with van der Waals surface area (Å²) in [6, 6.07) is 7.73. The second-order valence-corrected chi connectivity index (χ2v) is 4.32. The lowest BCUT2D eigenvalue weighted by molar-refractivity contribution is -0.141. The van der Waals surface area contributed by atoms with Gasteiger partial charge in [0.1, 0.15) is 0 Å². The number of nitrogens with zero attached hydrogens (tertiary/aromatic N) is 1. The van der Waals surface area contributed by atoms with Gasteiger partial charge in [-0.15, -0.1) is 0 Å². The van der Waals surface area contributed by atoms with Crippen molar-refractivity contribution in [3.63, 3.8) is 0 Å². The summed E-state index contributed by atoms with van der Waals surface area (Å²) in [5.41, 5.74) is 1.01. The maximum absolute atomic E-state index is 10.8. The Bertz CT molecular complexity index is 580. The zero-order valence-electron chi connectivity index (χ0n) is 10.4. The SMILES string of the molecule is COc1nccc2cc(CC(C)C(=O)O)ccc12. The number of carboxylic acid groups (broad SMARTS) is 1.